The third kappa shape index (κ3) is 4.90. The van der Waals surface area contributed by atoms with E-state index in [2.05, 4.69) is 5.32 Å². The summed E-state index contributed by atoms with van der Waals surface area (Å²) >= 11 is 13.9. The minimum Gasteiger partial charge on any atom is -0.322 e. The second kappa shape index (κ2) is 9.35. The van der Waals surface area contributed by atoms with E-state index in [0.717, 1.165) is 11.1 Å². The standard InChI is InChI=1S/C24H20Cl2N2O2S/c1-15-23(30)28(14-16-6-4-8-18(25)12-16)24(31-15)17-7-5-9-19(13-17)27-22(29)20-10-2-3-11-21(20)26/h2-13,15,24H,14H2,1H3,(H,27,29)/t15-,24+/m0/s1. The van der Waals surface area contributed by atoms with Crippen LogP contribution in [0.1, 0.15) is 33.8 Å². The van der Waals surface area contributed by atoms with Crippen molar-refractivity contribution in [1.29, 1.82) is 0 Å². The van der Waals surface area contributed by atoms with Gasteiger partial charge in [-0.15, -0.1) is 11.8 Å². The zero-order chi connectivity index (χ0) is 22.0. The summed E-state index contributed by atoms with van der Waals surface area (Å²) in [5, 5.41) is 3.64. The molecule has 1 N–H and O–H groups in total. The van der Waals surface area contributed by atoms with Gasteiger partial charge in [-0.1, -0.05) is 59.6 Å². The van der Waals surface area contributed by atoms with Gasteiger partial charge in [0.2, 0.25) is 5.91 Å². The summed E-state index contributed by atoms with van der Waals surface area (Å²) in [6.07, 6.45) is 0. The first-order valence-electron chi connectivity index (χ1n) is 9.78. The summed E-state index contributed by atoms with van der Waals surface area (Å²) in [6.45, 7) is 2.39. The third-order valence-electron chi connectivity index (χ3n) is 5.04. The predicted molar refractivity (Wildman–Crippen MR) is 128 cm³/mol. The van der Waals surface area contributed by atoms with Crippen LogP contribution in [-0.2, 0) is 11.3 Å². The van der Waals surface area contributed by atoms with Crippen LogP contribution < -0.4 is 5.32 Å². The van der Waals surface area contributed by atoms with Crippen molar-refractivity contribution in [2.45, 2.75) is 24.1 Å². The minimum atomic E-state index is -0.276. The van der Waals surface area contributed by atoms with Crippen molar-refractivity contribution in [2.24, 2.45) is 0 Å². The van der Waals surface area contributed by atoms with Crippen LogP contribution in [0.15, 0.2) is 72.8 Å². The summed E-state index contributed by atoms with van der Waals surface area (Å²) in [5.74, 6) is -0.192. The maximum absolute atomic E-state index is 12.9. The van der Waals surface area contributed by atoms with Gasteiger partial charge in [0, 0.05) is 17.3 Å². The lowest BCUT2D eigenvalue weighted by atomic mass is 10.1. The Hall–Kier alpha value is -2.47. The summed E-state index contributed by atoms with van der Waals surface area (Å²) in [7, 11) is 0. The maximum Gasteiger partial charge on any atom is 0.257 e. The lowest BCUT2D eigenvalue weighted by molar-refractivity contribution is -0.130. The van der Waals surface area contributed by atoms with Gasteiger partial charge >= 0.3 is 0 Å². The average molecular weight is 471 g/mol. The molecule has 1 aliphatic rings. The van der Waals surface area contributed by atoms with E-state index in [1.807, 2.05) is 60.4 Å². The van der Waals surface area contributed by atoms with Crippen molar-refractivity contribution in [1.82, 2.24) is 4.90 Å². The van der Waals surface area contributed by atoms with E-state index in [4.69, 9.17) is 23.2 Å². The van der Waals surface area contributed by atoms with Crippen molar-refractivity contribution < 1.29 is 9.59 Å². The van der Waals surface area contributed by atoms with Gasteiger partial charge in [-0.2, -0.15) is 0 Å². The smallest absolute Gasteiger partial charge is 0.257 e. The summed E-state index contributed by atoms with van der Waals surface area (Å²) in [6, 6.07) is 22.0. The van der Waals surface area contributed by atoms with Crippen molar-refractivity contribution in [2.75, 3.05) is 5.32 Å². The number of carbonyl (C=O) groups is 2. The molecule has 0 spiro atoms. The molecule has 0 unspecified atom stereocenters. The van der Waals surface area contributed by atoms with Crippen molar-refractivity contribution in [3.8, 4) is 0 Å². The largest absolute Gasteiger partial charge is 0.322 e. The monoisotopic (exact) mass is 470 g/mol. The van der Waals surface area contributed by atoms with Crippen LogP contribution in [0.2, 0.25) is 10.0 Å². The van der Waals surface area contributed by atoms with Gasteiger partial charge in [-0.05, 0) is 54.4 Å². The number of rotatable bonds is 5. The van der Waals surface area contributed by atoms with E-state index in [0.29, 0.717) is 27.8 Å². The Morgan fingerprint density at radius 1 is 1.03 bits per heavy atom. The predicted octanol–water partition coefficient (Wildman–Crippen LogP) is 6.41. The first-order valence-corrected chi connectivity index (χ1v) is 11.5. The zero-order valence-corrected chi connectivity index (χ0v) is 19.0. The van der Waals surface area contributed by atoms with Crippen molar-refractivity contribution >= 4 is 52.5 Å². The molecule has 0 saturated carbocycles. The Labute approximate surface area is 195 Å². The number of benzene rings is 3. The molecule has 1 aliphatic heterocycles. The number of hydrogen-bond donors (Lipinski definition) is 1. The highest BCUT2D eigenvalue weighted by atomic mass is 35.5. The average Bonchev–Trinajstić information content (AvgIpc) is 3.03. The summed E-state index contributed by atoms with van der Waals surface area (Å²) in [5.41, 5.74) is 2.99. The molecule has 0 aromatic heterocycles. The molecule has 4 rings (SSSR count). The summed E-state index contributed by atoms with van der Waals surface area (Å²) < 4.78 is 0. The Kier molecular flexibility index (Phi) is 6.56. The minimum absolute atomic E-state index is 0.0838. The molecule has 1 saturated heterocycles. The van der Waals surface area contributed by atoms with E-state index in [9.17, 15) is 9.59 Å². The molecule has 1 fully saturated rings. The number of nitrogens with one attached hydrogen (secondary N) is 1. The van der Waals surface area contributed by atoms with Crippen LogP contribution in [0.5, 0.6) is 0 Å². The number of carbonyl (C=O) groups excluding carboxylic acids is 2. The van der Waals surface area contributed by atoms with Gasteiger partial charge < -0.3 is 10.2 Å². The van der Waals surface area contributed by atoms with Crippen LogP contribution in [0.3, 0.4) is 0 Å². The molecule has 31 heavy (non-hydrogen) atoms. The topological polar surface area (TPSA) is 49.4 Å². The van der Waals surface area contributed by atoms with Crippen LogP contribution in [0, 0.1) is 0 Å². The highest BCUT2D eigenvalue weighted by molar-refractivity contribution is 8.01. The van der Waals surface area contributed by atoms with Crippen LogP contribution in [-0.4, -0.2) is 22.0 Å². The van der Waals surface area contributed by atoms with E-state index >= 15 is 0 Å². The fourth-order valence-corrected chi connectivity index (χ4v) is 5.24. The fourth-order valence-electron chi connectivity index (χ4n) is 3.54. The molecule has 7 heteroatoms. The lowest BCUT2D eigenvalue weighted by Gasteiger charge is -2.25. The van der Waals surface area contributed by atoms with Gasteiger partial charge in [0.25, 0.3) is 5.91 Å². The van der Waals surface area contributed by atoms with Crippen LogP contribution in [0.25, 0.3) is 0 Å². The van der Waals surface area contributed by atoms with E-state index < -0.39 is 0 Å². The SMILES string of the molecule is C[C@@H]1S[C@H](c2cccc(NC(=O)c3ccccc3Cl)c2)N(Cc2cccc(Cl)c2)C1=O. The first-order chi connectivity index (χ1) is 14.9. The highest BCUT2D eigenvalue weighted by Crippen LogP contribution is 2.44. The van der Waals surface area contributed by atoms with Gasteiger partial charge in [-0.3, -0.25) is 9.59 Å². The van der Waals surface area contributed by atoms with Gasteiger partial charge in [0.1, 0.15) is 5.37 Å². The van der Waals surface area contributed by atoms with E-state index in [-0.39, 0.29) is 22.4 Å². The first kappa shape index (κ1) is 21.8. The van der Waals surface area contributed by atoms with Gasteiger partial charge in [0.05, 0.1) is 15.8 Å². The molecular formula is C24H20Cl2N2O2S. The van der Waals surface area contributed by atoms with Crippen molar-refractivity contribution in [3.05, 3.63) is 99.5 Å². The Morgan fingerprint density at radius 2 is 1.81 bits per heavy atom. The molecule has 2 amide bonds. The fraction of sp³-hybridized carbons (Fsp3) is 0.167. The normalized spacial score (nSPS) is 18.3. The van der Waals surface area contributed by atoms with Crippen molar-refractivity contribution in [3.63, 3.8) is 0 Å². The molecule has 0 aliphatic carbocycles. The molecule has 1 heterocycles. The molecule has 0 radical (unpaired) electrons. The second-order valence-corrected chi connectivity index (χ2v) is 9.56. The zero-order valence-electron chi connectivity index (χ0n) is 16.7. The Morgan fingerprint density at radius 3 is 2.58 bits per heavy atom. The third-order valence-corrected chi connectivity index (χ3v) is 7.00. The Balaban J connectivity index is 1.57. The quantitative estimate of drug-likeness (QED) is 0.468. The lowest BCUT2D eigenvalue weighted by Crippen LogP contribution is -2.29. The molecule has 2 atom stereocenters. The second-order valence-electron chi connectivity index (χ2n) is 7.29. The maximum atomic E-state index is 12.9. The number of hydrogen-bond acceptors (Lipinski definition) is 3. The number of nitrogens with zero attached hydrogens (tertiary/aromatic N) is 1. The number of amides is 2. The highest BCUT2D eigenvalue weighted by Gasteiger charge is 2.38. The van der Waals surface area contributed by atoms with Gasteiger partial charge in [-0.25, -0.2) is 0 Å². The van der Waals surface area contributed by atoms with E-state index in [1.165, 1.54) is 0 Å². The summed E-state index contributed by atoms with van der Waals surface area (Å²) in [4.78, 5) is 27.3. The molecule has 158 valence electrons. The van der Waals surface area contributed by atoms with Crippen LogP contribution in [0.4, 0.5) is 5.69 Å². The van der Waals surface area contributed by atoms with E-state index in [1.54, 1.807) is 36.0 Å². The molecule has 0 bridgehead atoms. The molecule has 4 nitrogen and oxygen atoms in total. The number of anilines is 1. The molecule has 3 aromatic rings. The number of halogens is 2. The molecular weight excluding hydrogens is 451 g/mol. The Bertz CT molecular complexity index is 1140. The van der Waals surface area contributed by atoms with Gasteiger partial charge in [0.15, 0.2) is 0 Å². The van der Waals surface area contributed by atoms with Crippen LogP contribution >= 0.6 is 35.0 Å². The molecule has 3 aromatic carbocycles. The number of thioether (sulfide) groups is 1.